The van der Waals surface area contributed by atoms with Crippen molar-refractivity contribution in [3.05, 3.63) is 46.5 Å². The number of rotatable bonds is 3. The quantitative estimate of drug-likeness (QED) is 0.869. The van der Waals surface area contributed by atoms with Crippen LogP contribution in [0.5, 0.6) is 23.0 Å². The summed E-state index contributed by atoms with van der Waals surface area (Å²) in [4.78, 5) is 2.43. The lowest BCUT2D eigenvalue weighted by molar-refractivity contribution is 0.157. The summed E-state index contributed by atoms with van der Waals surface area (Å²) in [5.74, 6) is 2.37. The van der Waals surface area contributed by atoms with E-state index in [4.69, 9.17) is 14.2 Å². The molecule has 1 N–H and O–H groups in total. The molecule has 132 valence electrons. The SMILES string of the molecule is COc1cc2c(cc1OC)[C@@H]1Cc3ccc(OC)c(O)c3[13CH2]N1CC2. The van der Waals surface area contributed by atoms with Crippen molar-refractivity contribution in [2.45, 2.75) is 25.4 Å². The van der Waals surface area contributed by atoms with E-state index in [2.05, 4.69) is 23.1 Å². The van der Waals surface area contributed by atoms with Crippen molar-refractivity contribution in [1.82, 2.24) is 4.90 Å². The van der Waals surface area contributed by atoms with Gasteiger partial charge in [0.2, 0.25) is 0 Å². The number of aromatic hydroxyl groups is 1. The van der Waals surface area contributed by atoms with Crippen LogP contribution in [0.25, 0.3) is 0 Å². The lowest BCUT2D eigenvalue weighted by atomic mass is 9.86. The number of hydrogen-bond donors (Lipinski definition) is 1. The third kappa shape index (κ3) is 2.50. The van der Waals surface area contributed by atoms with Gasteiger partial charge in [-0.2, -0.15) is 0 Å². The summed E-state index contributed by atoms with van der Waals surface area (Å²) in [7, 11) is 4.93. The van der Waals surface area contributed by atoms with Gasteiger partial charge < -0.3 is 19.3 Å². The summed E-state index contributed by atoms with van der Waals surface area (Å²) in [6.07, 6.45) is 1.83. The summed E-state index contributed by atoms with van der Waals surface area (Å²) >= 11 is 0. The van der Waals surface area contributed by atoms with Crippen molar-refractivity contribution in [2.75, 3.05) is 27.9 Å². The van der Waals surface area contributed by atoms with E-state index in [1.807, 2.05) is 6.07 Å². The highest BCUT2D eigenvalue weighted by atomic mass is 16.5. The Morgan fingerprint density at radius 2 is 1.68 bits per heavy atom. The van der Waals surface area contributed by atoms with Crippen LogP contribution in [0.2, 0.25) is 0 Å². The predicted octanol–water partition coefficient (Wildman–Crippen LogP) is 3.07. The van der Waals surface area contributed by atoms with E-state index in [9.17, 15) is 5.11 Å². The Bertz CT molecular complexity index is 818. The second-order valence-electron chi connectivity index (χ2n) is 6.60. The molecule has 1 atom stereocenters. The number of hydrogen-bond acceptors (Lipinski definition) is 5. The topological polar surface area (TPSA) is 51.2 Å². The first-order valence-electron chi connectivity index (χ1n) is 8.52. The second-order valence-corrected chi connectivity index (χ2v) is 6.60. The van der Waals surface area contributed by atoms with Gasteiger partial charge in [-0.1, -0.05) is 6.07 Å². The van der Waals surface area contributed by atoms with Crippen molar-refractivity contribution in [3.63, 3.8) is 0 Å². The zero-order chi connectivity index (χ0) is 17.6. The van der Waals surface area contributed by atoms with E-state index in [1.54, 1.807) is 21.3 Å². The number of nitrogens with zero attached hydrogens (tertiary/aromatic N) is 1. The number of phenolic OH excluding ortho intramolecular Hbond substituents is 1. The third-order valence-corrected chi connectivity index (χ3v) is 5.45. The summed E-state index contributed by atoms with van der Waals surface area (Å²) in [6.45, 7) is 1.69. The molecule has 25 heavy (non-hydrogen) atoms. The predicted molar refractivity (Wildman–Crippen MR) is 94.8 cm³/mol. The van der Waals surface area contributed by atoms with Crippen LogP contribution >= 0.6 is 0 Å². The fourth-order valence-corrected chi connectivity index (χ4v) is 4.11. The molecular formula is C20H23NO4. The van der Waals surface area contributed by atoms with E-state index in [0.29, 0.717) is 11.8 Å². The molecule has 0 radical (unpaired) electrons. The second kappa shape index (κ2) is 6.15. The number of methoxy groups -OCH3 is 3. The van der Waals surface area contributed by atoms with Crippen molar-refractivity contribution < 1.29 is 19.3 Å². The number of benzene rings is 2. The van der Waals surface area contributed by atoms with Gasteiger partial charge >= 0.3 is 0 Å². The smallest absolute Gasteiger partial charge is 0.162 e. The van der Waals surface area contributed by atoms with E-state index in [1.165, 1.54) is 16.7 Å². The Hall–Kier alpha value is -2.40. The molecule has 4 rings (SSSR count). The minimum absolute atomic E-state index is 0.275. The Kier molecular flexibility index (Phi) is 3.96. The van der Waals surface area contributed by atoms with E-state index in [-0.39, 0.29) is 5.75 Å². The molecule has 5 nitrogen and oxygen atoms in total. The molecular weight excluding hydrogens is 319 g/mol. The fraction of sp³-hybridized carbons (Fsp3) is 0.400. The Balaban J connectivity index is 1.76. The first-order chi connectivity index (χ1) is 12.2. The van der Waals surface area contributed by atoms with Gasteiger partial charge in [-0.05, 0) is 47.7 Å². The van der Waals surface area contributed by atoms with Crippen LogP contribution in [0.1, 0.15) is 28.3 Å². The Morgan fingerprint density at radius 1 is 0.960 bits per heavy atom. The molecule has 2 aromatic carbocycles. The van der Waals surface area contributed by atoms with E-state index in [0.717, 1.165) is 43.0 Å². The Labute approximate surface area is 147 Å². The van der Waals surface area contributed by atoms with Crippen molar-refractivity contribution >= 4 is 0 Å². The molecule has 2 aliphatic rings. The summed E-state index contributed by atoms with van der Waals surface area (Å²) < 4.78 is 16.2. The molecule has 0 bridgehead atoms. The molecule has 2 aromatic rings. The molecule has 2 aliphatic heterocycles. The molecule has 0 amide bonds. The maximum atomic E-state index is 10.5. The monoisotopic (exact) mass is 342 g/mol. The first kappa shape index (κ1) is 16.1. The highest BCUT2D eigenvalue weighted by molar-refractivity contribution is 5.54. The molecule has 0 saturated carbocycles. The van der Waals surface area contributed by atoms with Crippen LogP contribution in [0.4, 0.5) is 0 Å². The zero-order valence-electron chi connectivity index (χ0n) is 14.8. The number of ether oxygens (including phenoxy) is 3. The zero-order valence-corrected chi connectivity index (χ0v) is 14.8. The van der Waals surface area contributed by atoms with Crippen LogP contribution < -0.4 is 14.2 Å². The van der Waals surface area contributed by atoms with Crippen molar-refractivity contribution in [2.24, 2.45) is 0 Å². The largest absolute Gasteiger partial charge is 0.504 e. The van der Waals surface area contributed by atoms with E-state index >= 15 is 0 Å². The van der Waals surface area contributed by atoms with Gasteiger partial charge in [0.25, 0.3) is 0 Å². The highest BCUT2D eigenvalue weighted by Gasteiger charge is 2.34. The van der Waals surface area contributed by atoms with Gasteiger partial charge in [0.05, 0.1) is 21.3 Å². The van der Waals surface area contributed by atoms with Gasteiger partial charge in [-0.25, -0.2) is 0 Å². The number of phenols is 1. The molecule has 0 unspecified atom stereocenters. The lowest BCUT2D eigenvalue weighted by Crippen LogP contribution is -2.39. The maximum Gasteiger partial charge on any atom is 0.162 e. The fourth-order valence-electron chi connectivity index (χ4n) is 4.11. The van der Waals surface area contributed by atoms with Crippen molar-refractivity contribution in [1.29, 1.82) is 0 Å². The summed E-state index contributed by atoms with van der Waals surface area (Å²) in [5.41, 5.74) is 4.78. The third-order valence-electron chi connectivity index (χ3n) is 5.45. The minimum Gasteiger partial charge on any atom is -0.504 e. The van der Waals surface area contributed by atoms with Gasteiger partial charge in [0.1, 0.15) is 0 Å². The normalized spacial score (nSPS) is 18.8. The average Bonchev–Trinajstić information content (AvgIpc) is 2.66. The summed E-state index contributed by atoms with van der Waals surface area (Å²) in [6, 6.07) is 8.43. The molecule has 0 spiro atoms. The van der Waals surface area contributed by atoms with Crippen LogP contribution in [0.15, 0.2) is 24.3 Å². The maximum absolute atomic E-state index is 10.5. The highest BCUT2D eigenvalue weighted by Crippen LogP contribution is 2.45. The molecule has 0 saturated heterocycles. The van der Waals surface area contributed by atoms with Crippen LogP contribution in [0, 0.1) is 0 Å². The molecule has 0 fully saturated rings. The minimum atomic E-state index is 0.275. The molecule has 0 aromatic heterocycles. The van der Waals surface area contributed by atoms with Gasteiger partial charge in [0, 0.05) is 24.7 Å². The average molecular weight is 342 g/mol. The van der Waals surface area contributed by atoms with Gasteiger partial charge in [0.15, 0.2) is 23.0 Å². The molecule has 0 aliphatic carbocycles. The lowest BCUT2D eigenvalue weighted by Gasteiger charge is -2.41. The first-order valence-corrected chi connectivity index (χ1v) is 8.52. The molecule has 2 heterocycles. The standard InChI is InChI=1S/C20H23NO4/c1-23-17-5-4-12-8-16-14-10-19(25-3)18(24-2)9-13(14)6-7-21(16)11-15(12)20(17)22/h4-5,9-10,16,22H,6-8,11H2,1-3H3/t16-/m0/s1/i11+1. The molecule has 5 heteroatoms. The van der Waals surface area contributed by atoms with E-state index < -0.39 is 0 Å². The van der Waals surface area contributed by atoms with Gasteiger partial charge in [-0.3, -0.25) is 4.90 Å². The van der Waals surface area contributed by atoms with Crippen LogP contribution in [0.3, 0.4) is 0 Å². The van der Waals surface area contributed by atoms with Crippen LogP contribution in [-0.4, -0.2) is 37.9 Å². The van der Waals surface area contributed by atoms with Crippen molar-refractivity contribution in [3.8, 4) is 23.0 Å². The van der Waals surface area contributed by atoms with Gasteiger partial charge in [-0.15, -0.1) is 0 Å². The summed E-state index contributed by atoms with van der Waals surface area (Å²) in [5, 5.41) is 10.5. The number of fused-ring (bicyclic) bond motifs is 4. The van der Waals surface area contributed by atoms with Crippen LogP contribution in [-0.2, 0) is 19.4 Å². The Morgan fingerprint density at radius 3 is 2.40 bits per heavy atom.